The summed E-state index contributed by atoms with van der Waals surface area (Å²) >= 11 is 8.92. The van der Waals surface area contributed by atoms with E-state index in [1.165, 1.54) is 0 Å². The van der Waals surface area contributed by atoms with Gasteiger partial charge in [-0.3, -0.25) is 4.79 Å². The highest BCUT2D eigenvalue weighted by Gasteiger charge is 2.07. The van der Waals surface area contributed by atoms with E-state index in [-0.39, 0.29) is 5.91 Å². The predicted octanol–water partition coefficient (Wildman–Crippen LogP) is 3.59. The average molecular weight is 305 g/mol. The van der Waals surface area contributed by atoms with Crippen molar-refractivity contribution in [2.24, 2.45) is 0 Å². The number of carbonyl (C=O) groups is 1. The lowest BCUT2D eigenvalue weighted by Gasteiger charge is -2.06. The molecule has 1 rings (SSSR count). The average Bonchev–Trinajstić information content (AvgIpc) is 2.29. The third-order valence-electron chi connectivity index (χ3n) is 2.21. The topological polar surface area (TPSA) is 29.1 Å². The number of nitrogens with one attached hydrogen (secondary N) is 1. The Morgan fingerprint density at radius 3 is 2.69 bits per heavy atom. The van der Waals surface area contributed by atoms with Gasteiger partial charge < -0.3 is 5.32 Å². The third-order valence-corrected chi connectivity index (χ3v) is 3.17. The normalized spacial score (nSPS) is 10.1. The molecule has 0 aliphatic rings. The first kappa shape index (κ1) is 13.5. The van der Waals surface area contributed by atoms with Gasteiger partial charge in [-0.2, -0.15) is 0 Å². The molecule has 0 aliphatic carbocycles. The predicted molar refractivity (Wildman–Crippen MR) is 71.0 cm³/mol. The molecule has 1 N–H and O–H groups in total. The molecule has 4 heteroatoms. The van der Waals surface area contributed by atoms with E-state index in [4.69, 9.17) is 11.6 Å². The lowest BCUT2D eigenvalue weighted by atomic mass is 10.2. The number of hydrogen-bond donors (Lipinski definition) is 1. The SMILES string of the molecule is O=C(NCCCCCCl)c1ccccc1Br. The standard InChI is InChI=1S/C12H15BrClNO/c13-11-7-3-2-6-10(11)12(16)15-9-5-1-4-8-14/h2-3,6-7H,1,4-5,8-9H2,(H,15,16). The van der Waals surface area contributed by atoms with Gasteiger partial charge in [0.25, 0.3) is 5.91 Å². The van der Waals surface area contributed by atoms with Gasteiger partial charge in [0.1, 0.15) is 0 Å². The minimum absolute atomic E-state index is 0.0293. The Morgan fingerprint density at radius 1 is 1.25 bits per heavy atom. The summed E-state index contributed by atoms with van der Waals surface area (Å²) in [4.78, 5) is 11.7. The van der Waals surface area contributed by atoms with Gasteiger partial charge in [0.15, 0.2) is 0 Å². The second-order valence-corrected chi connectivity index (χ2v) is 4.72. The van der Waals surface area contributed by atoms with Crippen molar-refractivity contribution in [3.8, 4) is 0 Å². The number of benzene rings is 1. The Bertz CT molecular complexity index is 344. The van der Waals surface area contributed by atoms with Crippen LogP contribution >= 0.6 is 27.5 Å². The molecule has 0 saturated carbocycles. The van der Waals surface area contributed by atoms with Gasteiger partial charge in [-0.05, 0) is 40.9 Å². The fourth-order valence-corrected chi connectivity index (χ4v) is 1.99. The molecule has 2 nitrogen and oxygen atoms in total. The molecule has 0 saturated heterocycles. The van der Waals surface area contributed by atoms with Crippen LogP contribution in [0.1, 0.15) is 29.6 Å². The van der Waals surface area contributed by atoms with Crippen LogP contribution in [0.2, 0.25) is 0 Å². The number of carbonyl (C=O) groups excluding carboxylic acids is 1. The van der Waals surface area contributed by atoms with Gasteiger partial charge in [0.2, 0.25) is 0 Å². The molecule has 88 valence electrons. The van der Waals surface area contributed by atoms with Gasteiger partial charge >= 0.3 is 0 Å². The zero-order valence-corrected chi connectivity index (χ0v) is 11.4. The first-order chi connectivity index (χ1) is 7.75. The molecular formula is C12H15BrClNO. The number of amides is 1. The summed E-state index contributed by atoms with van der Waals surface area (Å²) in [7, 11) is 0. The summed E-state index contributed by atoms with van der Waals surface area (Å²) in [5.74, 6) is 0.663. The minimum atomic E-state index is -0.0293. The molecule has 0 spiro atoms. The highest BCUT2D eigenvalue weighted by atomic mass is 79.9. The zero-order chi connectivity index (χ0) is 11.8. The number of unbranched alkanes of at least 4 members (excludes halogenated alkanes) is 2. The monoisotopic (exact) mass is 303 g/mol. The van der Waals surface area contributed by atoms with Crippen LogP contribution in [0.15, 0.2) is 28.7 Å². The molecular weight excluding hydrogens is 289 g/mol. The second-order valence-electron chi connectivity index (χ2n) is 3.49. The molecule has 0 aliphatic heterocycles. The van der Waals surface area contributed by atoms with E-state index in [1.807, 2.05) is 18.2 Å². The first-order valence-electron chi connectivity index (χ1n) is 5.34. The molecule has 16 heavy (non-hydrogen) atoms. The first-order valence-corrected chi connectivity index (χ1v) is 6.67. The van der Waals surface area contributed by atoms with Gasteiger partial charge in [-0.15, -0.1) is 11.6 Å². The van der Waals surface area contributed by atoms with Gasteiger partial charge in [0.05, 0.1) is 5.56 Å². The van der Waals surface area contributed by atoms with Crippen molar-refractivity contribution in [1.82, 2.24) is 5.32 Å². The summed E-state index contributed by atoms with van der Waals surface area (Å²) in [6, 6.07) is 7.41. The van der Waals surface area contributed by atoms with Gasteiger partial charge in [0, 0.05) is 16.9 Å². The van der Waals surface area contributed by atoms with Crippen molar-refractivity contribution < 1.29 is 4.79 Å². The van der Waals surface area contributed by atoms with Crippen molar-refractivity contribution in [2.45, 2.75) is 19.3 Å². The lowest BCUT2D eigenvalue weighted by Crippen LogP contribution is -2.24. The zero-order valence-electron chi connectivity index (χ0n) is 9.01. The van der Waals surface area contributed by atoms with Crippen molar-refractivity contribution in [3.63, 3.8) is 0 Å². The maximum Gasteiger partial charge on any atom is 0.252 e. The van der Waals surface area contributed by atoms with Crippen molar-refractivity contribution in [2.75, 3.05) is 12.4 Å². The minimum Gasteiger partial charge on any atom is -0.352 e. The molecule has 0 unspecified atom stereocenters. The molecule has 0 heterocycles. The van der Waals surface area contributed by atoms with Gasteiger partial charge in [-0.25, -0.2) is 0 Å². The molecule has 1 amide bonds. The Labute approximate surface area is 110 Å². The van der Waals surface area contributed by atoms with Gasteiger partial charge in [-0.1, -0.05) is 18.6 Å². The van der Waals surface area contributed by atoms with Crippen LogP contribution in [0, 0.1) is 0 Å². The van der Waals surface area contributed by atoms with Crippen LogP contribution < -0.4 is 5.32 Å². The molecule has 1 aromatic rings. The summed E-state index contributed by atoms with van der Waals surface area (Å²) in [6.45, 7) is 0.705. The Morgan fingerprint density at radius 2 is 2.00 bits per heavy atom. The summed E-state index contributed by atoms with van der Waals surface area (Å²) < 4.78 is 0.827. The van der Waals surface area contributed by atoms with E-state index in [0.29, 0.717) is 18.0 Å². The van der Waals surface area contributed by atoms with Crippen LogP contribution in [-0.2, 0) is 0 Å². The summed E-state index contributed by atoms with van der Waals surface area (Å²) in [6.07, 6.45) is 3.04. The van der Waals surface area contributed by atoms with Crippen molar-refractivity contribution in [3.05, 3.63) is 34.3 Å². The summed E-state index contributed by atoms with van der Waals surface area (Å²) in [5, 5.41) is 2.89. The fourth-order valence-electron chi connectivity index (χ4n) is 1.34. The maximum atomic E-state index is 11.7. The van der Waals surface area contributed by atoms with Crippen LogP contribution in [0.5, 0.6) is 0 Å². The highest BCUT2D eigenvalue weighted by Crippen LogP contribution is 2.15. The lowest BCUT2D eigenvalue weighted by molar-refractivity contribution is 0.0952. The highest BCUT2D eigenvalue weighted by molar-refractivity contribution is 9.10. The third kappa shape index (κ3) is 4.54. The smallest absolute Gasteiger partial charge is 0.252 e. The van der Waals surface area contributed by atoms with E-state index in [2.05, 4.69) is 21.2 Å². The number of halogens is 2. The van der Waals surface area contributed by atoms with Crippen LogP contribution in [0.25, 0.3) is 0 Å². The second kappa shape index (κ2) is 7.69. The molecule has 0 aromatic heterocycles. The Kier molecular flexibility index (Phi) is 6.50. The van der Waals surface area contributed by atoms with E-state index < -0.39 is 0 Å². The Balaban J connectivity index is 2.33. The molecule has 0 bridgehead atoms. The molecule has 1 aromatic carbocycles. The fraction of sp³-hybridized carbons (Fsp3) is 0.417. The number of rotatable bonds is 6. The van der Waals surface area contributed by atoms with Crippen LogP contribution in [-0.4, -0.2) is 18.3 Å². The quantitative estimate of drug-likeness (QED) is 0.631. The van der Waals surface area contributed by atoms with E-state index >= 15 is 0 Å². The van der Waals surface area contributed by atoms with E-state index in [0.717, 1.165) is 23.7 Å². The maximum absolute atomic E-state index is 11.7. The molecule has 0 atom stereocenters. The Hall–Kier alpha value is -0.540. The summed E-state index contributed by atoms with van der Waals surface area (Å²) in [5.41, 5.74) is 0.680. The molecule has 0 fully saturated rings. The van der Waals surface area contributed by atoms with Crippen LogP contribution in [0.4, 0.5) is 0 Å². The number of alkyl halides is 1. The van der Waals surface area contributed by atoms with Crippen molar-refractivity contribution >= 4 is 33.4 Å². The largest absolute Gasteiger partial charge is 0.352 e. The molecule has 0 radical (unpaired) electrons. The van der Waals surface area contributed by atoms with E-state index in [1.54, 1.807) is 6.07 Å². The van der Waals surface area contributed by atoms with E-state index in [9.17, 15) is 4.79 Å². The van der Waals surface area contributed by atoms with Crippen molar-refractivity contribution in [1.29, 1.82) is 0 Å². The van der Waals surface area contributed by atoms with Crippen LogP contribution in [0.3, 0.4) is 0 Å². The number of hydrogen-bond acceptors (Lipinski definition) is 1.